The molecule has 0 saturated carbocycles. The Morgan fingerprint density at radius 1 is 0.966 bits per heavy atom. The Bertz CT molecular complexity index is 1020. The summed E-state index contributed by atoms with van der Waals surface area (Å²) in [5, 5.41) is 2.78. The van der Waals surface area contributed by atoms with Crippen molar-refractivity contribution in [3.63, 3.8) is 0 Å². The molecule has 3 aromatic rings. The lowest BCUT2D eigenvalue weighted by molar-refractivity contribution is 0.0515. The molecule has 2 amide bonds. The molecule has 4 rings (SSSR count). The van der Waals surface area contributed by atoms with Crippen LogP contribution in [0.1, 0.15) is 21.0 Å². The minimum absolute atomic E-state index is 0.132. The van der Waals surface area contributed by atoms with Gasteiger partial charge in [-0.05, 0) is 30.3 Å². The highest BCUT2D eigenvalue weighted by Gasteiger charge is 2.27. The molecule has 1 saturated heterocycles. The van der Waals surface area contributed by atoms with Crippen molar-refractivity contribution in [2.45, 2.75) is 0 Å². The van der Waals surface area contributed by atoms with E-state index in [0.717, 1.165) is 0 Å². The van der Waals surface area contributed by atoms with Gasteiger partial charge in [-0.1, -0.05) is 12.1 Å². The number of rotatable bonds is 4. The van der Waals surface area contributed by atoms with Crippen LogP contribution < -0.4 is 5.32 Å². The smallest absolute Gasteiger partial charge is 0.289 e. The third kappa shape index (κ3) is 4.08. The van der Waals surface area contributed by atoms with Gasteiger partial charge in [-0.3, -0.25) is 9.59 Å². The minimum atomic E-state index is -0.440. The van der Waals surface area contributed by atoms with Crippen molar-refractivity contribution in [2.75, 3.05) is 31.5 Å². The van der Waals surface area contributed by atoms with Gasteiger partial charge in [-0.15, -0.1) is 0 Å². The fourth-order valence-electron chi connectivity index (χ4n) is 3.05. The number of hydrogen-bond donors (Lipinski definition) is 1. The van der Waals surface area contributed by atoms with Crippen LogP contribution in [0.2, 0.25) is 0 Å². The zero-order valence-corrected chi connectivity index (χ0v) is 15.4. The first-order valence-corrected chi connectivity index (χ1v) is 9.08. The number of aromatic nitrogens is 2. The molecule has 1 N–H and O–H groups in total. The van der Waals surface area contributed by atoms with Gasteiger partial charge in [0.05, 0.1) is 12.0 Å². The number of para-hydroxylation sites is 1. The summed E-state index contributed by atoms with van der Waals surface area (Å²) in [6, 6.07) is 10.9. The van der Waals surface area contributed by atoms with Crippen LogP contribution in [0.3, 0.4) is 0 Å². The lowest BCUT2D eigenvalue weighted by Crippen LogP contribution is -2.50. The molecular formula is C20H18FN5O3. The molecule has 0 unspecified atom stereocenters. The van der Waals surface area contributed by atoms with E-state index in [1.807, 2.05) is 0 Å². The average molecular weight is 395 g/mol. The monoisotopic (exact) mass is 395 g/mol. The number of carbonyl (C=O) groups excluding carboxylic acids is 2. The third-order valence-corrected chi connectivity index (χ3v) is 4.58. The van der Waals surface area contributed by atoms with Gasteiger partial charge in [0.2, 0.25) is 5.95 Å². The molecule has 29 heavy (non-hydrogen) atoms. The number of halogens is 1. The summed E-state index contributed by atoms with van der Waals surface area (Å²) in [5.41, 5.74) is 0.423. The molecule has 8 nitrogen and oxygen atoms in total. The molecule has 1 aliphatic rings. The second kappa shape index (κ2) is 8.09. The SMILES string of the molecule is O=C(c1ccnc(Nc2ccccc2F)n1)N1CCN(C(=O)c2ccco2)CC1. The number of piperazine rings is 1. The Labute approximate surface area is 166 Å². The van der Waals surface area contributed by atoms with E-state index in [1.165, 1.54) is 24.6 Å². The second-order valence-electron chi connectivity index (χ2n) is 6.43. The Morgan fingerprint density at radius 2 is 1.69 bits per heavy atom. The highest BCUT2D eigenvalue weighted by atomic mass is 19.1. The second-order valence-corrected chi connectivity index (χ2v) is 6.43. The van der Waals surface area contributed by atoms with Crippen LogP contribution in [0.25, 0.3) is 0 Å². The lowest BCUT2D eigenvalue weighted by Gasteiger charge is -2.34. The number of benzene rings is 1. The van der Waals surface area contributed by atoms with Crippen LogP contribution in [0.5, 0.6) is 0 Å². The number of anilines is 2. The van der Waals surface area contributed by atoms with Crippen molar-refractivity contribution < 1.29 is 18.4 Å². The molecule has 9 heteroatoms. The first-order chi connectivity index (χ1) is 14.1. The van der Waals surface area contributed by atoms with Crippen LogP contribution in [-0.2, 0) is 0 Å². The molecular weight excluding hydrogens is 377 g/mol. The van der Waals surface area contributed by atoms with Gasteiger partial charge in [0.15, 0.2) is 5.76 Å². The average Bonchev–Trinajstić information content (AvgIpc) is 3.30. The number of nitrogens with one attached hydrogen (secondary N) is 1. The van der Waals surface area contributed by atoms with Crippen molar-refractivity contribution in [3.05, 3.63) is 72.2 Å². The Hall–Kier alpha value is -3.75. The quantitative estimate of drug-likeness (QED) is 0.730. The first-order valence-electron chi connectivity index (χ1n) is 9.08. The molecule has 1 aromatic carbocycles. The zero-order chi connectivity index (χ0) is 20.2. The summed E-state index contributed by atoms with van der Waals surface area (Å²) >= 11 is 0. The summed E-state index contributed by atoms with van der Waals surface area (Å²) in [4.78, 5) is 36.6. The summed E-state index contributed by atoms with van der Waals surface area (Å²) in [6.07, 6.45) is 2.90. The molecule has 148 valence electrons. The normalized spacial score (nSPS) is 14.0. The van der Waals surface area contributed by atoms with E-state index in [9.17, 15) is 14.0 Å². The predicted octanol–water partition coefficient (Wildman–Crippen LogP) is 2.55. The van der Waals surface area contributed by atoms with Crippen molar-refractivity contribution in [1.29, 1.82) is 0 Å². The summed E-state index contributed by atoms with van der Waals surface area (Å²) in [6.45, 7) is 1.56. The fraction of sp³-hybridized carbons (Fsp3) is 0.200. The van der Waals surface area contributed by atoms with E-state index in [0.29, 0.717) is 26.2 Å². The van der Waals surface area contributed by atoms with E-state index in [2.05, 4.69) is 15.3 Å². The van der Waals surface area contributed by atoms with Crippen LogP contribution >= 0.6 is 0 Å². The van der Waals surface area contributed by atoms with Crippen LogP contribution in [0.15, 0.2) is 59.3 Å². The third-order valence-electron chi connectivity index (χ3n) is 4.58. The standard InChI is InChI=1S/C20H18FN5O3/c21-14-4-1-2-5-15(14)23-20-22-8-7-16(24-20)18(27)25-9-11-26(12-10-25)19(28)17-6-3-13-29-17/h1-8,13H,9-12H2,(H,22,23,24). The molecule has 0 aliphatic carbocycles. The van der Waals surface area contributed by atoms with Crippen molar-refractivity contribution >= 4 is 23.5 Å². The predicted molar refractivity (Wildman–Crippen MR) is 102 cm³/mol. The van der Waals surface area contributed by atoms with Gasteiger partial charge in [0, 0.05) is 32.4 Å². The zero-order valence-electron chi connectivity index (χ0n) is 15.4. The van der Waals surface area contributed by atoms with Gasteiger partial charge >= 0.3 is 0 Å². The van der Waals surface area contributed by atoms with Crippen molar-refractivity contribution in [1.82, 2.24) is 19.8 Å². The number of hydrogen-bond acceptors (Lipinski definition) is 6. The maximum atomic E-state index is 13.8. The van der Waals surface area contributed by atoms with E-state index < -0.39 is 5.82 Å². The number of carbonyl (C=O) groups is 2. The molecule has 1 aliphatic heterocycles. The molecule has 1 fully saturated rings. The van der Waals surface area contributed by atoms with Crippen LogP contribution in [-0.4, -0.2) is 57.8 Å². The lowest BCUT2D eigenvalue weighted by atomic mass is 10.2. The molecule has 2 aromatic heterocycles. The fourth-order valence-corrected chi connectivity index (χ4v) is 3.05. The van der Waals surface area contributed by atoms with E-state index >= 15 is 0 Å². The Kier molecular flexibility index (Phi) is 5.19. The van der Waals surface area contributed by atoms with Crippen molar-refractivity contribution in [2.24, 2.45) is 0 Å². The summed E-state index contributed by atoms with van der Waals surface area (Å²) < 4.78 is 18.9. The highest BCUT2D eigenvalue weighted by molar-refractivity contribution is 5.94. The van der Waals surface area contributed by atoms with E-state index in [1.54, 1.807) is 40.1 Å². The Morgan fingerprint density at radius 3 is 2.38 bits per heavy atom. The maximum absolute atomic E-state index is 13.8. The molecule has 0 bridgehead atoms. The molecule has 0 spiro atoms. The summed E-state index contributed by atoms with van der Waals surface area (Å²) in [5.74, 6) is -0.489. The summed E-state index contributed by atoms with van der Waals surface area (Å²) in [7, 11) is 0. The van der Waals surface area contributed by atoms with Gasteiger partial charge in [0.1, 0.15) is 11.5 Å². The van der Waals surface area contributed by atoms with E-state index in [4.69, 9.17) is 4.42 Å². The largest absolute Gasteiger partial charge is 0.459 e. The topological polar surface area (TPSA) is 91.6 Å². The van der Waals surface area contributed by atoms with Gasteiger partial charge in [-0.25, -0.2) is 14.4 Å². The molecule has 0 atom stereocenters. The molecule has 0 radical (unpaired) electrons. The highest BCUT2D eigenvalue weighted by Crippen LogP contribution is 2.17. The Balaban J connectivity index is 1.40. The maximum Gasteiger partial charge on any atom is 0.289 e. The number of nitrogens with zero attached hydrogens (tertiary/aromatic N) is 4. The molecule has 3 heterocycles. The van der Waals surface area contributed by atoms with Crippen LogP contribution in [0.4, 0.5) is 16.0 Å². The number of furan rings is 1. The van der Waals surface area contributed by atoms with Crippen LogP contribution in [0, 0.1) is 5.82 Å². The first kappa shape index (κ1) is 18.6. The van der Waals surface area contributed by atoms with Gasteiger partial charge < -0.3 is 19.5 Å². The minimum Gasteiger partial charge on any atom is -0.459 e. The number of amides is 2. The van der Waals surface area contributed by atoms with Gasteiger partial charge in [-0.2, -0.15) is 0 Å². The van der Waals surface area contributed by atoms with Gasteiger partial charge in [0.25, 0.3) is 11.8 Å². The van der Waals surface area contributed by atoms with Crippen molar-refractivity contribution in [3.8, 4) is 0 Å². The van der Waals surface area contributed by atoms with E-state index in [-0.39, 0.29) is 34.9 Å².